The number of ether oxygens (including phenoxy) is 4. The van der Waals surface area contributed by atoms with E-state index in [0.717, 1.165) is 89.2 Å². The Morgan fingerprint density at radius 1 is 1.17 bits per heavy atom. The lowest BCUT2D eigenvalue weighted by Crippen LogP contribution is -2.38. The van der Waals surface area contributed by atoms with E-state index in [1.807, 2.05) is 12.1 Å². The summed E-state index contributed by atoms with van der Waals surface area (Å²) in [6, 6.07) is 6.06. The Balaban J connectivity index is 1.63. The minimum atomic E-state index is 0.576. The van der Waals surface area contributed by atoms with Crippen molar-refractivity contribution >= 4 is 5.96 Å². The lowest BCUT2D eigenvalue weighted by atomic mass is 10.1. The first-order valence-corrected chi connectivity index (χ1v) is 10.6. The summed E-state index contributed by atoms with van der Waals surface area (Å²) in [7, 11) is 3.31. The Labute approximate surface area is 175 Å². The van der Waals surface area contributed by atoms with Gasteiger partial charge < -0.3 is 29.6 Å². The van der Waals surface area contributed by atoms with Crippen molar-refractivity contribution in [2.24, 2.45) is 10.9 Å². The molecule has 1 aliphatic rings. The number of nitrogens with zero attached hydrogens (tertiary/aromatic N) is 1. The molecule has 1 unspecified atom stereocenters. The molecular weight excluding hydrogens is 370 g/mol. The predicted octanol–water partition coefficient (Wildman–Crippen LogP) is 2.63. The molecule has 7 nitrogen and oxygen atoms in total. The second kappa shape index (κ2) is 14.1. The summed E-state index contributed by atoms with van der Waals surface area (Å²) in [4.78, 5) is 4.67. The minimum absolute atomic E-state index is 0.576. The maximum atomic E-state index is 5.74. The van der Waals surface area contributed by atoms with Gasteiger partial charge in [-0.1, -0.05) is 6.07 Å². The molecule has 0 radical (unpaired) electrons. The first-order chi connectivity index (χ1) is 14.3. The fourth-order valence-corrected chi connectivity index (χ4v) is 3.20. The first-order valence-electron chi connectivity index (χ1n) is 10.6. The van der Waals surface area contributed by atoms with Crippen LogP contribution in [0.15, 0.2) is 23.2 Å². The highest BCUT2D eigenvalue weighted by molar-refractivity contribution is 5.79. The quantitative estimate of drug-likeness (QED) is 0.298. The summed E-state index contributed by atoms with van der Waals surface area (Å²) in [5.41, 5.74) is 1.22. The smallest absolute Gasteiger partial charge is 0.191 e. The van der Waals surface area contributed by atoms with Crippen LogP contribution in [0.25, 0.3) is 0 Å². The van der Waals surface area contributed by atoms with Crippen molar-refractivity contribution in [3.05, 3.63) is 23.8 Å². The number of hydrogen-bond acceptors (Lipinski definition) is 5. The Hall–Kier alpha value is -1.99. The molecule has 1 atom stereocenters. The highest BCUT2D eigenvalue weighted by Gasteiger charge is 2.15. The van der Waals surface area contributed by atoms with E-state index in [2.05, 4.69) is 28.6 Å². The van der Waals surface area contributed by atoms with Gasteiger partial charge in [-0.3, -0.25) is 4.99 Å². The van der Waals surface area contributed by atoms with E-state index in [1.54, 1.807) is 14.2 Å². The lowest BCUT2D eigenvalue weighted by Gasteiger charge is -2.12. The number of aliphatic imine (C=N–C) groups is 1. The maximum absolute atomic E-state index is 5.74. The van der Waals surface area contributed by atoms with Crippen LogP contribution in [-0.4, -0.2) is 66.2 Å². The van der Waals surface area contributed by atoms with E-state index in [4.69, 9.17) is 18.9 Å². The number of aryl methyl sites for hydroxylation is 1. The van der Waals surface area contributed by atoms with E-state index in [-0.39, 0.29) is 0 Å². The average molecular weight is 408 g/mol. The van der Waals surface area contributed by atoms with E-state index >= 15 is 0 Å². The van der Waals surface area contributed by atoms with Crippen molar-refractivity contribution in [1.29, 1.82) is 0 Å². The fourth-order valence-electron chi connectivity index (χ4n) is 3.20. The van der Waals surface area contributed by atoms with Crippen LogP contribution in [0.5, 0.6) is 11.5 Å². The molecule has 1 aliphatic heterocycles. The molecule has 1 fully saturated rings. The van der Waals surface area contributed by atoms with Crippen molar-refractivity contribution < 1.29 is 18.9 Å². The topological polar surface area (TPSA) is 73.3 Å². The summed E-state index contributed by atoms with van der Waals surface area (Å²) >= 11 is 0. The Kier molecular flexibility index (Phi) is 11.3. The number of hydrogen-bond donors (Lipinski definition) is 2. The number of nitrogens with one attached hydrogen (secondary N) is 2. The molecule has 0 bridgehead atoms. The molecule has 0 aliphatic carbocycles. The van der Waals surface area contributed by atoms with E-state index in [0.29, 0.717) is 5.92 Å². The summed E-state index contributed by atoms with van der Waals surface area (Å²) in [5, 5.41) is 6.67. The average Bonchev–Trinajstić information content (AvgIpc) is 3.26. The molecule has 0 amide bonds. The highest BCUT2D eigenvalue weighted by Crippen LogP contribution is 2.27. The second-order valence-electron chi connectivity index (χ2n) is 7.14. The molecule has 0 spiro atoms. The van der Waals surface area contributed by atoms with E-state index in [1.165, 1.54) is 5.56 Å². The van der Waals surface area contributed by atoms with Crippen LogP contribution in [0.3, 0.4) is 0 Å². The second-order valence-corrected chi connectivity index (χ2v) is 7.14. The van der Waals surface area contributed by atoms with Gasteiger partial charge in [0.25, 0.3) is 0 Å². The monoisotopic (exact) mass is 407 g/mol. The molecule has 0 aromatic heterocycles. The van der Waals surface area contributed by atoms with Gasteiger partial charge in [-0.25, -0.2) is 0 Å². The zero-order valence-corrected chi connectivity index (χ0v) is 18.2. The lowest BCUT2D eigenvalue weighted by molar-refractivity contribution is 0.0888. The van der Waals surface area contributed by atoms with Crippen molar-refractivity contribution in [3.8, 4) is 11.5 Å². The van der Waals surface area contributed by atoms with Crippen LogP contribution in [0.4, 0.5) is 0 Å². The van der Waals surface area contributed by atoms with Crippen molar-refractivity contribution in [2.75, 3.05) is 60.3 Å². The standard InChI is InChI=1S/C22H37N3O4/c1-4-23-22(25-12-6-13-28-16-19-10-14-29-17-19)24-11-5-7-18-8-9-20(26-2)21(15-18)27-3/h8-9,15,19H,4-7,10-14,16-17H2,1-3H3,(H2,23,24,25). The largest absolute Gasteiger partial charge is 0.493 e. The molecule has 1 aromatic carbocycles. The molecule has 2 rings (SSSR count). The molecule has 29 heavy (non-hydrogen) atoms. The SMILES string of the molecule is CCNC(=NCCCc1ccc(OC)c(OC)c1)NCCCOCC1CCOC1. The third kappa shape index (κ3) is 8.92. The fraction of sp³-hybridized carbons (Fsp3) is 0.682. The molecule has 164 valence electrons. The van der Waals surface area contributed by atoms with Gasteiger partial charge in [0, 0.05) is 38.8 Å². The van der Waals surface area contributed by atoms with Crippen LogP contribution in [-0.2, 0) is 15.9 Å². The van der Waals surface area contributed by atoms with E-state index in [9.17, 15) is 0 Å². The summed E-state index contributed by atoms with van der Waals surface area (Å²) in [6.07, 6.45) is 4.00. The molecule has 0 saturated carbocycles. The maximum Gasteiger partial charge on any atom is 0.191 e. The third-order valence-corrected chi connectivity index (χ3v) is 4.82. The molecular formula is C22H37N3O4. The molecule has 1 heterocycles. The van der Waals surface area contributed by atoms with Crippen LogP contribution >= 0.6 is 0 Å². The summed E-state index contributed by atoms with van der Waals surface area (Å²) in [6.45, 7) is 7.84. The Bertz CT molecular complexity index is 604. The summed E-state index contributed by atoms with van der Waals surface area (Å²) < 4.78 is 21.8. The number of rotatable bonds is 13. The van der Waals surface area contributed by atoms with Gasteiger partial charge in [-0.05, 0) is 50.3 Å². The van der Waals surface area contributed by atoms with Gasteiger partial charge in [-0.15, -0.1) is 0 Å². The number of methoxy groups -OCH3 is 2. The minimum Gasteiger partial charge on any atom is -0.493 e. The number of benzene rings is 1. The van der Waals surface area contributed by atoms with Gasteiger partial charge in [0.15, 0.2) is 17.5 Å². The Morgan fingerprint density at radius 2 is 2.03 bits per heavy atom. The molecule has 7 heteroatoms. The zero-order chi connectivity index (χ0) is 20.7. The van der Waals surface area contributed by atoms with Crippen LogP contribution in [0, 0.1) is 5.92 Å². The third-order valence-electron chi connectivity index (χ3n) is 4.82. The van der Waals surface area contributed by atoms with Gasteiger partial charge in [0.2, 0.25) is 0 Å². The summed E-state index contributed by atoms with van der Waals surface area (Å²) in [5.74, 6) is 2.97. The predicted molar refractivity (Wildman–Crippen MR) is 116 cm³/mol. The Morgan fingerprint density at radius 3 is 2.76 bits per heavy atom. The first kappa shape index (κ1) is 23.3. The van der Waals surface area contributed by atoms with Gasteiger partial charge in [0.1, 0.15) is 0 Å². The van der Waals surface area contributed by atoms with Gasteiger partial charge in [0.05, 0.1) is 27.4 Å². The van der Waals surface area contributed by atoms with Gasteiger partial charge in [-0.2, -0.15) is 0 Å². The zero-order valence-electron chi connectivity index (χ0n) is 18.2. The van der Waals surface area contributed by atoms with Gasteiger partial charge >= 0.3 is 0 Å². The van der Waals surface area contributed by atoms with E-state index < -0.39 is 0 Å². The van der Waals surface area contributed by atoms with Crippen LogP contribution in [0.1, 0.15) is 31.7 Å². The van der Waals surface area contributed by atoms with Crippen molar-refractivity contribution in [3.63, 3.8) is 0 Å². The van der Waals surface area contributed by atoms with Crippen LogP contribution in [0.2, 0.25) is 0 Å². The normalized spacial score (nSPS) is 16.7. The van der Waals surface area contributed by atoms with Crippen molar-refractivity contribution in [1.82, 2.24) is 10.6 Å². The molecule has 1 aromatic rings. The number of guanidine groups is 1. The molecule has 2 N–H and O–H groups in total. The highest BCUT2D eigenvalue weighted by atomic mass is 16.5. The molecule has 1 saturated heterocycles. The van der Waals surface area contributed by atoms with Crippen LogP contribution < -0.4 is 20.1 Å². The van der Waals surface area contributed by atoms with Crippen molar-refractivity contribution in [2.45, 2.75) is 32.6 Å².